The van der Waals surface area contributed by atoms with Crippen molar-refractivity contribution >= 4 is 23.4 Å². The lowest BCUT2D eigenvalue weighted by Crippen LogP contribution is -2.46. The van der Waals surface area contributed by atoms with Crippen LogP contribution in [0.15, 0.2) is 42.5 Å². The zero-order valence-electron chi connectivity index (χ0n) is 13.8. The third-order valence-electron chi connectivity index (χ3n) is 4.39. The third kappa shape index (κ3) is 4.19. The first-order valence-electron chi connectivity index (χ1n) is 8.25. The number of amides is 2. The molecule has 0 unspecified atom stereocenters. The normalized spacial score (nSPS) is 15.0. The zero-order chi connectivity index (χ0) is 18.7. The average Bonchev–Trinajstić information content (AvgIpc) is 2.62. The quantitative estimate of drug-likeness (QED) is 0.886. The summed E-state index contributed by atoms with van der Waals surface area (Å²) in [7, 11) is 0. The number of nitrogens with zero attached hydrogens (tertiary/aromatic N) is 1. The van der Waals surface area contributed by atoms with Crippen molar-refractivity contribution in [3.63, 3.8) is 0 Å². The van der Waals surface area contributed by atoms with E-state index in [-0.39, 0.29) is 17.5 Å². The van der Waals surface area contributed by atoms with Gasteiger partial charge in [-0.3, -0.25) is 9.59 Å². The average molecular weight is 379 g/mol. The van der Waals surface area contributed by atoms with E-state index in [1.54, 1.807) is 24.3 Å². The molecule has 1 N–H and O–H groups in total. The Morgan fingerprint density at radius 2 is 1.69 bits per heavy atom. The van der Waals surface area contributed by atoms with Crippen molar-refractivity contribution in [2.75, 3.05) is 13.1 Å². The first kappa shape index (κ1) is 18.3. The summed E-state index contributed by atoms with van der Waals surface area (Å²) in [6.45, 7) is 0.780. The summed E-state index contributed by atoms with van der Waals surface area (Å²) in [6, 6.07) is 9.44. The predicted molar refractivity (Wildman–Crippen MR) is 94.2 cm³/mol. The molecular weight excluding hydrogens is 362 g/mol. The van der Waals surface area contributed by atoms with Gasteiger partial charge in [-0.25, -0.2) is 8.78 Å². The highest BCUT2D eigenvalue weighted by atomic mass is 35.5. The number of hydrogen-bond donors (Lipinski definition) is 1. The largest absolute Gasteiger partial charge is 0.349 e. The molecule has 1 saturated heterocycles. The summed E-state index contributed by atoms with van der Waals surface area (Å²) >= 11 is 5.81. The molecule has 4 nitrogen and oxygen atoms in total. The second-order valence-electron chi connectivity index (χ2n) is 6.17. The summed E-state index contributed by atoms with van der Waals surface area (Å²) < 4.78 is 26.7. The summed E-state index contributed by atoms with van der Waals surface area (Å²) in [5.74, 6) is -2.25. The van der Waals surface area contributed by atoms with E-state index in [9.17, 15) is 18.4 Å². The fourth-order valence-corrected chi connectivity index (χ4v) is 3.06. The van der Waals surface area contributed by atoms with E-state index in [1.165, 1.54) is 4.90 Å². The van der Waals surface area contributed by atoms with Crippen LogP contribution in [0.4, 0.5) is 8.78 Å². The van der Waals surface area contributed by atoms with Crippen molar-refractivity contribution in [3.8, 4) is 0 Å². The van der Waals surface area contributed by atoms with Crippen LogP contribution >= 0.6 is 11.6 Å². The number of carbonyl (C=O) groups excluding carboxylic acids is 2. The third-order valence-corrected chi connectivity index (χ3v) is 4.64. The van der Waals surface area contributed by atoms with Crippen LogP contribution in [0.25, 0.3) is 0 Å². The van der Waals surface area contributed by atoms with E-state index in [2.05, 4.69) is 5.32 Å². The topological polar surface area (TPSA) is 49.4 Å². The molecule has 1 aliphatic heterocycles. The second kappa shape index (κ2) is 7.83. The van der Waals surface area contributed by atoms with Gasteiger partial charge in [-0.05, 0) is 49.2 Å². The van der Waals surface area contributed by atoms with Gasteiger partial charge in [0, 0.05) is 35.8 Å². The first-order chi connectivity index (χ1) is 12.4. The smallest absolute Gasteiger partial charge is 0.256 e. The molecule has 0 radical (unpaired) electrons. The standard InChI is InChI=1S/C19H17ClF2N2O2/c20-13-3-1-12(2-4-13)18(25)23-15-7-9-24(10-8-15)19(26)16-6-5-14(21)11-17(16)22/h1-6,11,15H,7-10H2,(H,23,25). The number of hydrogen-bond acceptors (Lipinski definition) is 2. The molecule has 136 valence electrons. The van der Waals surface area contributed by atoms with Gasteiger partial charge in [0.25, 0.3) is 11.8 Å². The van der Waals surface area contributed by atoms with Gasteiger partial charge < -0.3 is 10.2 Å². The van der Waals surface area contributed by atoms with Gasteiger partial charge in [0.1, 0.15) is 11.6 Å². The summed E-state index contributed by atoms with van der Waals surface area (Å²) in [4.78, 5) is 26.1. The lowest BCUT2D eigenvalue weighted by atomic mass is 10.0. The van der Waals surface area contributed by atoms with Gasteiger partial charge in [0.2, 0.25) is 0 Å². The van der Waals surface area contributed by atoms with Crippen LogP contribution in [-0.2, 0) is 0 Å². The van der Waals surface area contributed by atoms with Crippen molar-refractivity contribution in [3.05, 3.63) is 70.2 Å². The fraction of sp³-hybridized carbons (Fsp3) is 0.263. The van der Waals surface area contributed by atoms with Crippen LogP contribution in [0.2, 0.25) is 5.02 Å². The van der Waals surface area contributed by atoms with Crippen molar-refractivity contribution in [2.45, 2.75) is 18.9 Å². The molecule has 0 aromatic heterocycles. The van der Waals surface area contributed by atoms with Crippen LogP contribution in [0.3, 0.4) is 0 Å². The molecule has 1 aliphatic rings. The molecule has 0 saturated carbocycles. The lowest BCUT2D eigenvalue weighted by Gasteiger charge is -2.32. The molecule has 0 bridgehead atoms. The lowest BCUT2D eigenvalue weighted by molar-refractivity contribution is 0.0693. The van der Waals surface area contributed by atoms with Crippen LogP contribution in [0.5, 0.6) is 0 Å². The van der Waals surface area contributed by atoms with Gasteiger partial charge >= 0.3 is 0 Å². The van der Waals surface area contributed by atoms with E-state index in [0.717, 1.165) is 12.1 Å². The maximum atomic E-state index is 13.8. The Labute approximate surface area is 154 Å². The molecular formula is C19H17ClF2N2O2. The minimum absolute atomic E-state index is 0.0692. The zero-order valence-corrected chi connectivity index (χ0v) is 14.6. The van der Waals surface area contributed by atoms with Gasteiger partial charge in [0.05, 0.1) is 5.56 Å². The predicted octanol–water partition coefficient (Wildman–Crippen LogP) is 3.65. The van der Waals surface area contributed by atoms with E-state index in [4.69, 9.17) is 11.6 Å². The Morgan fingerprint density at radius 1 is 1.04 bits per heavy atom. The van der Waals surface area contributed by atoms with E-state index >= 15 is 0 Å². The second-order valence-corrected chi connectivity index (χ2v) is 6.61. The minimum Gasteiger partial charge on any atom is -0.349 e. The molecule has 2 aromatic rings. The number of piperidine rings is 1. The molecule has 3 rings (SSSR count). The molecule has 7 heteroatoms. The molecule has 0 aliphatic carbocycles. The highest BCUT2D eigenvalue weighted by Crippen LogP contribution is 2.17. The molecule has 1 fully saturated rings. The van der Waals surface area contributed by atoms with Gasteiger partial charge in [-0.1, -0.05) is 11.6 Å². The Hall–Kier alpha value is -2.47. The summed E-state index contributed by atoms with van der Waals surface area (Å²) in [6.07, 6.45) is 1.13. The number of likely N-dealkylation sites (tertiary alicyclic amines) is 1. The van der Waals surface area contributed by atoms with Crippen LogP contribution in [0.1, 0.15) is 33.6 Å². The fourth-order valence-electron chi connectivity index (χ4n) is 2.93. The van der Waals surface area contributed by atoms with E-state index in [1.807, 2.05) is 0 Å². The number of carbonyl (C=O) groups is 2. The van der Waals surface area contributed by atoms with Gasteiger partial charge in [-0.15, -0.1) is 0 Å². The Bertz CT molecular complexity index is 819. The molecule has 2 amide bonds. The maximum Gasteiger partial charge on any atom is 0.256 e. The molecule has 26 heavy (non-hydrogen) atoms. The van der Waals surface area contributed by atoms with Gasteiger partial charge in [0.15, 0.2) is 0 Å². The van der Waals surface area contributed by atoms with Crippen LogP contribution < -0.4 is 5.32 Å². The highest BCUT2D eigenvalue weighted by molar-refractivity contribution is 6.30. The van der Waals surface area contributed by atoms with E-state index < -0.39 is 17.5 Å². The first-order valence-corrected chi connectivity index (χ1v) is 8.62. The number of benzene rings is 2. The number of halogens is 3. The van der Waals surface area contributed by atoms with Crippen molar-refractivity contribution in [2.24, 2.45) is 0 Å². The monoisotopic (exact) mass is 378 g/mol. The van der Waals surface area contributed by atoms with Crippen molar-refractivity contribution in [1.82, 2.24) is 10.2 Å². The molecule has 0 atom stereocenters. The van der Waals surface area contributed by atoms with Crippen molar-refractivity contribution < 1.29 is 18.4 Å². The Balaban J connectivity index is 1.56. The summed E-state index contributed by atoms with van der Waals surface area (Å²) in [5.41, 5.74) is 0.372. The van der Waals surface area contributed by atoms with Crippen LogP contribution in [0, 0.1) is 11.6 Å². The molecule has 2 aromatic carbocycles. The van der Waals surface area contributed by atoms with Crippen molar-refractivity contribution in [1.29, 1.82) is 0 Å². The minimum atomic E-state index is -0.867. The Morgan fingerprint density at radius 3 is 2.31 bits per heavy atom. The Kier molecular flexibility index (Phi) is 5.52. The van der Waals surface area contributed by atoms with Gasteiger partial charge in [-0.2, -0.15) is 0 Å². The number of nitrogens with one attached hydrogen (secondary N) is 1. The molecule has 0 spiro atoms. The SMILES string of the molecule is O=C(NC1CCN(C(=O)c2ccc(F)cc2F)CC1)c1ccc(Cl)cc1. The molecule has 1 heterocycles. The summed E-state index contributed by atoms with van der Waals surface area (Å²) in [5, 5.41) is 3.49. The highest BCUT2D eigenvalue weighted by Gasteiger charge is 2.26. The van der Waals surface area contributed by atoms with E-state index in [0.29, 0.717) is 42.6 Å². The van der Waals surface area contributed by atoms with Crippen LogP contribution in [-0.4, -0.2) is 35.8 Å². The number of rotatable bonds is 3. The maximum absolute atomic E-state index is 13.8.